The minimum Gasteiger partial charge on any atom is -0.377 e. The average molecular weight is 504 g/mol. The van der Waals surface area contributed by atoms with Gasteiger partial charge < -0.3 is 10.1 Å². The van der Waals surface area contributed by atoms with Crippen molar-refractivity contribution in [1.82, 2.24) is 9.71 Å². The van der Waals surface area contributed by atoms with Crippen LogP contribution in [0.4, 0.5) is 5.69 Å². The van der Waals surface area contributed by atoms with Gasteiger partial charge in [-0.1, -0.05) is 56.0 Å². The molecule has 1 saturated heterocycles. The number of nitrogens with zero attached hydrogens (tertiary/aromatic N) is 1. The Kier molecular flexibility index (Phi) is 7.79. The third-order valence-corrected chi connectivity index (χ3v) is 7.42. The van der Waals surface area contributed by atoms with E-state index in [1.807, 2.05) is 54.6 Å². The van der Waals surface area contributed by atoms with Gasteiger partial charge in [0.15, 0.2) is 0 Å². The first kappa shape index (κ1) is 25.5. The summed E-state index contributed by atoms with van der Waals surface area (Å²) in [6.07, 6.45) is 1.71. The van der Waals surface area contributed by atoms with Gasteiger partial charge >= 0.3 is 0 Å². The third kappa shape index (κ3) is 5.62. The zero-order valence-corrected chi connectivity index (χ0v) is 19.8. The maximum atomic E-state index is 13.3. The molecule has 1 unspecified atom stereocenters. The van der Waals surface area contributed by atoms with Crippen LogP contribution in [0, 0.1) is 0 Å². The predicted molar refractivity (Wildman–Crippen MR) is 142 cm³/mol. The largest absolute Gasteiger partial charge is 0.377 e. The number of sulfonamides is 1. The van der Waals surface area contributed by atoms with Crippen LogP contribution in [-0.4, -0.2) is 38.6 Å². The lowest BCUT2D eigenvalue weighted by atomic mass is 10.0. The second-order valence-corrected chi connectivity index (χ2v) is 10.2. The van der Waals surface area contributed by atoms with Gasteiger partial charge in [-0.15, -0.1) is 0 Å². The van der Waals surface area contributed by atoms with Crippen molar-refractivity contribution in [2.45, 2.75) is 31.3 Å². The number of fused-ring (bicyclic) bond motifs is 1. The van der Waals surface area contributed by atoms with E-state index in [0.29, 0.717) is 23.6 Å². The van der Waals surface area contributed by atoms with E-state index < -0.39 is 10.0 Å². The van der Waals surface area contributed by atoms with E-state index in [1.165, 1.54) is 12.1 Å². The summed E-state index contributed by atoms with van der Waals surface area (Å²) in [7, 11) is -3.66. The van der Waals surface area contributed by atoms with Crippen LogP contribution in [0.1, 0.15) is 30.6 Å². The van der Waals surface area contributed by atoms with Gasteiger partial charge in [-0.3, -0.25) is 4.79 Å². The van der Waals surface area contributed by atoms with Gasteiger partial charge in [0.05, 0.1) is 27.8 Å². The molecule has 5 rings (SSSR count). The number of hydrogen-bond donors (Lipinski definition) is 2. The number of nitrogens with one attached hydrogen (secondary N) is 2. The summed E-state index contributed by atoms with van der Waals surface area (Å²) in [6.45, 7) is 0.917. The number of amides is 1. The van der Waals surface area contributed by atoms with E-state index in [2.05, 4.69) is 10.0 Å². The maximum Gasteiger partial charge on any atom is 0.256 e. The number of pyridine rings is 1. The Bertz CT molecular complexity index is 1450. The monoisotopic (exact) mass is 503 g/mol. The molecule has 1 aromatic heterocycles. The lowest BCUT2D eigenvalue weighted by molar-refractivity contribution is 0.102. The third-order valence-electron chi connectivity index (χ3n) is 5.98. The highest BCUT2D eigenvalue weighted by Crippen LogP contribution is 2.26. The normalized spacial score (nSPS) is 15.4. The summed E-state index contributed by atoms with van der Waals surface area (Å²) in [5.74, 6) is -0.298. The lowest BCUT2D eigenvalue weighted by Crippen LogP contribution is -2.31. The summed E-state index contributed by atoms with van der Waals surface area (Å²) in [4.78, 5) is 18.1. The number of para-hydroxylation sites is 1. The van der Waals surface area contributed by atoms with Crippen molar-refractivity contribution in [3.63, 3.8) is 0 Å². The highest BCUT2D eigenvalue weighted by molar-refractivity contribution is 7.89. The number of benzene rings is 3. The number of carbonyl (C=O) groups excluding carboxylic acids is 1. The van der Waals surface area contributed by atoms with Crippen molar-refractivity contribution in [2.24, 2.45) is 0 Å². The van der Waals surface area contributed by atoms with Crippen LogP contribution >= 0.6 is 0 Å². The Morgan fingerprint density at radius 3 is 2.42 bits per heavy atom. The molecule has 1 aliphatic heterocycles. The summed E-state index contributed by atoms with van der Waals surface area (Å²) < 4.78 is 33.3. The fourth-order valence-electron chi connectivity index (χ4n) is 4.13. The van der Waals surface area contributed by atoms with Crippen molar-refractivity contribution >= 4 is 32.5 Å². The number of anilines is 1. The van der Waals surface area contributed by atoms with Crippen LogP contribution in [-0.2, 0) is 14.8 Å². The molecule has 4 aromatic rings. The molecule has 0 aliphatic carbocycles. The molecule has 7 nitrogen and oxygen atoms in total. The van der Waals surface area contributed by atoms with Crippen molar-refractivity contribution in [2.75, 3.05) is 18.5 Å². The van der Waals surface area contributed by atoms with Gasteiger partial charge in [0.25, 0.3) is 5.91 Å². The Balaban J connectivity index is 0.00000304. The first-order valence-corrected chi connectivity index (χ1v) is 13.0. The summed E-state index contributed by atoms with van der Waals surface area (Å²) in [6, 6.07) is 25.1. The smallest absolute Gasteiger partial charge is 0.256 e. The second kappa shape index (κ2) is 11.0. The highest BCUT2D eigenvalue weighted by atomic mass is 32.2. The number of aromatic nitrogens is 1. The first-order valence-electron chi connectivity index (χ1n) is 11.5. The molecule has 36 heavy (non-hydrogen) atoms. The van der Waals surface area contributed by atoms with Gasteiger partial charge in [0.1, 0.15) is 0 Å². The quantitative estimate of drug-likeness (QED) is 0.359. The van der Waals surface area contributed by atoms with E-state index in [-0.39, 0.29) is 30.9 Å². The minimum absolute atomic E-state index is 0. The molecule has 2 heterocycles. The first-order chi connectivity index (χ1) is 17.0. The van der Waals surface area contributed by atoms with Gasteiger partial charge in [-0.2, -0.15) is 0 Å². The van der Waals surface area contributed by atoms with Crippen LogP contribution in [0.3, 0.4) is 0 Å². The van der Waals surface area contributed by atoms with Crippen LogP contribution < -0.4 is 10.0 Å². The van der Waals surface area contributed by atoms with Gasteiger partial charge in [-0.25, -0.2) is 18.1 Å². The zero-order valence-electron chi connectivity index (χ0n) is 19.0. The average Bonchev–Trinajstić information content (AvgIpc) is 3.42. The standard InChI is InChI=1S/C27H25N3O4S.CH4/c31-27(24-17-26(19-7-2-1-3-8-19)30-25-11-5-4-10-23(24)25)29-20-12-14-22(15-13-20)35(32,33)28-18-21-9-6-16-34-21;/h1-5,7-8,10-15,17,21,28H,6,9,16,18H2,(H,29,31);1H4. The van der Waals surface area contributed by atoms with Crippen molar-refractivity contribution in [3.8, 4) is 11.3 Å². The zero-order chi connectivity index (χ0) is 24.3. The molecule has 3 aromatic carbocycles. The van der Waals surface area contributed by atoms with Crippen molar-refractivity contribution in [3.05, 3.63) is 90.5 Å². The van der Waals surface area contributed by atoms with Crippen LogP contribution in [0.25, 0.3) is 22.2 Å². The molecule has 0 radical (unpaired) electrons. The van der Waals surface area contributed by atoms with Gasteiger partial charge in [-0.05, 0) is 49.2 Å². The van der Waals surface area contributed by atoms with Crippen molar-refractivity contribution < 1.29 is 17.9 Å². The Hall–Kier alpha value is -3.59. The molecule has 1 amide bonds. The maximum absolute atomic E-state index is 13.3. The molecule has 2 N–H and O–H groups in total. The molecule has 0 bridgehead atoms. The molecule has 0 saturated carbocycles. The number of hydrogen-bond acceptors (Lipinski definition) is 5. The molecular formula is C28H29N3O4S. The molecule has 1 aliphatic rings. The highest BCUT2D eigenvalue weighted by Gasteiger charge is 2.20. The molecule has 0 spiro atoms. The Morgan fingerprint density at radius 2 is 1.69 bits per heavy atom. The lowest BCUT2D eigenvalue weighted by Gasteiger charge is -2.13. The predicted octanol–water partition coefficient (Wildman–Crippen LogP) is 5.25. The number of carbonyl (C=O) groups is 1. The van der Waals surface area contributed by atoms with E-state index in [9.17, 15) is 13.2 Å². The summed E-state index contributed by atoms with van der Waals surface area (Å²) in [5, 5.41) is 3.62. The fraction of sp³-hybridized carbons (Fsp3) is 0.214. The van der Waals surface area contributed by atoms with E-state index in [4.69, 9.17) is 9.72 Å². The topological polar surface area (TPSA) is 97.4 Å². The molecule has 1 fully saturated rings. The van der Waals surface area contributed by atoms with E-state index >= 15 is 0 Å². The Morgan fingerprint density at radius 1 is 0.972 bits per heavy atom. The minimum atomic E-state index is -3.66. The molecule has 186 valence electrons. The Labute approximate surface area is 211 Å². The SMILES string of the molecule is C.O=C(Nc1ccc(S(=O)(=O)NCC2CCCO2)cc1)c1cc(-c2ccccc2)nc2ccccc12. The second-order valence-electron chi connectivity index (χ2n) is 8.40. The molecule has 8 heteroatoms. The van der Waals surface area contributed by atoms with E-state index in [0.717, 1.165) is 29.3 Å². The summed E-state index contributed by atoms with van der Waals surface area (Å²) in [5.41, 5.74) is 3.32. The van der Waals surface area contributed by atoms with E-state index in [1.54, 1.807) is 18.2 Å². The van der Waals surface area contributed by atoms with Crippen LogP contribution in [0.5, 0.6) is 0 Å². The van der Waals surface area contributed by atoms with Crippen molar-refractivity contribution in [1.29, 1.82) is 0 Å². The van der Waals surface area contributed by atoms with Crippen LogP contribution in [0.15, 0.2) is 89.8 Å². The van der Waals surface area contributed by atoms with Gasteiger partial charge in [0, 0.05) is 29.8 Å². The summed E-state index contributed by atoms with van der Waals surface area (Å²) >= 11 is 0. The van der Waals surface area contributed by atoms with Crippen LogP contribution in [0.2, 0.25) is 0 Å². The fourth-order valence-corrected chi connectivity index (χ4v) is 5.19. The molecule has 1 atom stereocenters. The molecular weight excluding hydrogens is 474 g/mol. The number of rotatable bonds is 7. The van der Waals surface area contributed by atoms with Gasteiger partial charge in [0.2, 0.25) is 10.0 Å². The number of ether oxygens (including phenoxy) is 1.